The van der Waals surface area contributed by atoms with Gasteiger partial charge in [0, 0.05) is 25.7 Å². The summed E-state index contributed by atoms with van der Waals surface area (Å²) in [5.41, 5.74) is 3.18. The molecule has 6 nitrogen and oxygen atoms in total. The van der Waals surface area contributed by atoms with Crippen molar-refractivity contribution < 1.29 is 18.7 Å². The fourth-order valence-corrected chi connectivity index (χ4v) is 4.62. The maximum absolute atomic E-state index is 13.5. The van der Waals surface area contributed by atoms with Crippen LogP contribution in [0.25, 0.3) is 0 Å². The van der Waals surface area contributed by atoms with Crippen LogP contribution < -0.4 is 5.32 Å². The van der Waals surface area contributed by atoms with Crippen molar-refractivity contribution in [3.05, 3.63) is 71.0 Å². The largest absolute Gasteiger partial charge is 0.449 e. The van der Waals surface area contributed by atoms with Gasteiger partial charge in [-0.1, -0.05) is 49.7 Å². The van der Waals surface area contributed by atoms with Gasteiger partial charge in [0.15, 0.2) is 0 Å². The van der Waals surface area contributed by atoms with Crippen LogP contribution >= 0.6 is 0 Å². The van der Waals surface area contributed by atoms with E-state index < -0.39 is 0 Å². The minimum atomic E-state index is -0.303. The van der Waals surface area contributed by atoms with E-state index in [9.17, 15) is 14.0 Å². The standard InChI is InChI=1S/C26H32FN3O3/c1-3-4-15-33-26(32)29(2)22-16-21(17-22)28-25(31)30-14-13-18-7-5-6-8-23(18)24(30)19-9-11-20(27)12-10-19/h5-12,21-22,24H,3-4,13-17H2,1-2H3,(H,28,31)/t21-,22-,24-/m0/s1. The molecule has 2 aliphatic rings. The summed E-state index contributed by atoms with van der Waals surface area (Å²) in [4.78, 5) is 28.9. The molecule has 0 bridgehead atoms. The number of carbonyl (C=O) groups excluding carboxylic acids is 2. The van der Waals surface area contributed by atoms with Crippen molar-refractivity contribution in [1.82, 2.24) is 15.1 Å². The first-order valence-corrected chi connectivity index (χ1v) is 11.8. The van der Waals surface area contributed by atoms with Gasteiger partial charge in [-0.3, -0.25) is 0 Å². The zero-order valence-electron chi connectivity index (χ0n) is 19.3. The van der Waals surface area contributed by atoms with E-state index in [2.05, 4.69) is 18.3 Å². The predicted molar refractivity (Wildman–Crippen MR) is 124 cm³/mol. The number of halogens is 1. The summed E-state index contributed by atoms with van der Waals surface area (Å²) >= 11 is 0. The molecule has 1 saturated carbocycles. The lowest BCUT2D eigenvalue weighted by atomic mass is 9.85. The van der Waals surface area contributed by atoms with Crippen molar-refractivity contribution in [2.45, 2.75) is 57.2 Å². The van der Waals surface area contributed by atoms with E-state index in [1.165, 1.54) is 17.7 Å². The molecule has 0 unspecified atom stereocenters. The van der Waals surface area contributed by atoms with Gasteiger partial charge in [-0.2, -0.15) is 0 Å². The molecule has 1 atom stereocenters. The van der Waals surface area contributed by atoms with E-state index in [1.807, 2.05) is 23.1 Å². The fourth-order valence-electron chi connectivity index (χ4n) is 4.62. The number of unbranched alkanes of at least 4 members (excludes halogenated alkanes) is 1. The molecule has 0 saturated heterocycles. The third-order valence-electron chi connectivity index (χ3n) is 6.73. The van der Waals surface area contributed by atoms with Gasteiger partial charge in [0.2, 0.25) is 0 Å². The van der Waals surface area contributed by atoms with E-state index in [0.29, 0.717) is 26.0 Å². The van der Waals surface area contributed by atoms with Gasteiger partial charge in [0.1, 0.15) is 5.82 Å². The first-order valence-electron chi connectivity index (χ1n) is 11.8. The summed E-state index contributed by atoms with van der Waals surface area (Å²) in [6.45, 7) is 3.08. The first kappa shape index (κ1) is 23.1. The molecule has 4 rings (SSSR count). The molecule has 0 aromatic heterocycles. The van der Waals surface area contributed by atoms with Crippen molar-refractivity contribution in [2.24, 2.45) is 0 Å². The number of benzene rings is 2. The van der Waals surface area contributed by atoms with Crippen LogP contribution in [0, 0.1) is 5.82 Å². The molecule has 1 aliphatic heterocycles. The average Bonchev–Trinajstić information content (AvgIpc) is 2.80. The number of amides is 3. The summed E-state index contributed by atoms with van der Waals surface area (Å²) in [5.74, 6) is -0.295. The molecule has 2 aromatic carbocycles. The Balaban J connectivity index is 1.40. The fraction of sp³-hybridized carbons (Fsp3) is 0.462. The topological polar surface area (TPSA) is 61.9 Å². The smallest absolute Gasteiger partial charge is 0.409 e. The molecule has 1 N–H and O–H groups in total. The van der Waals surface area contributed by atoms with Crippen LogP contribution in [0.1, 0.15) is 55.3 Å². The van der Waals surface area contributed by atoms with Gasteiger partial charge in [-0.25, -0.2) is 14.0 Å². The minimum Gasteiger partial charge on any atom is -0.449 e. The summed E-state index contributed by atoms with van der Waals surface area (Å²) in [6.07, 6.45) is 3.72. The Kier molecular flexibility index (Phi) is 7.16. The van der Waals surface area contributed by atoms with Gasteiger partial charge >= 0.3 is 12.1 Å². The van der Waals surface area contributed by atoms with E-state index in [-0.39, 0.29) is 36.1 Å². The highest BCUT2D eigenvalue weighted by Gasteiger charge is 2.38. The van der Waals surface area contributed by atoms with Crippen LogP contribution in [-0.4, -0.2) is 54.2 Å². The SMILES string of the molecule is CCCCOC(=O)N(C)[C@H]1C[C@H](NC(=O)N2CCc3ccccc3[C@@H]2c2ccc(F)cc2)C1. The van der Waals surface area contributed by atoms with Crippen LogP contribution in [-0.2, 0) is 11.2 Å². The summed E-state index contributed by atoms with van der Waals surface area (Å²) < 4.78 is 18.8. The second-order valence-corrected chi connectivity index (χ2v) is 8.95. The Labute approximate surface area is 194 Å². The lowest BCUT2D eigenvalue weighted by Gasteiger charge is -2.43. The number of urea groups is 1. The number of nitrogens with one attached hydrogen (secondary N) is 1. The monoisotopic (exact) mass is 453 g/mol. The van der Waals surface area contributed by atoms with Gasteiger partial charge in [0.05, 0.1) is 12.6 Å². The molecule has 1 heterocycles. The van der Waals surface area contributed by atoms with Gasteiger partial charge < -0.3 is 19.9 Å². The second kappa shape index (κ2) is 10.2. The van der Waals surface area contributed by atoms with E-state index >= 15 is 0 Å². The first-order chi connectivity index (χ1) is 16.0. The quantitative estimate of drug-likeness (QED) is 0.634. The van der Waals surface area contributed by atoms with Gasteiger partial charge in [0.25, 0.3) is 0 Å². The zero-order chi connectivity index (χ0) is 23.4. The molecule has 1 fully saturated rings. The normalized spacial score (nSPS) is 21.5. The molecule has 3 amide bonds. The number of fused-ring (bicyclic) bond motifs is 1. The van der Waals surface area contributed by atoms with Gasteiger partial charge in [-0.05, 0) is 54.5 Å². The predicted octanol–water partition coefficient (Wildman–Crippen LogP) is 4.88. The molecule has 33 heavy (non-hydrogen) atoms. The van der Waals surface area contributed by atoms with Crippen LogP contribution in [0.4, 0.5) is 14.0 Å². The molecular formula is C26H32FN3O3. The van der Waals surface area contributed by atoms with Crippen molar-refractivity contribution in [3.8, 4) is 0 Å². The highest BCUT2D eigenvalue weighted by atomic mass is 19.1. The van der Waals surface area contributed by atoms with Gasteiger partial charge in [-0.15, -0.1) is 0 Å². The maximum atomic E-state index is 13.5. The lowest BCUT2D eigenvalue weighted by molar-refractivity contribution is 0.0685. The van der Waals surface area contributed by atoms with E-state index in [1.54, 1.807) is 24.1 Å². The highest BCUT2D eigenvalue weighted by molar-refractivity contribution is 5.76. The number of nitrogens with zero attached hydrogens (tertiary/aromatic N) is 2. The van der Waals surface area contributed by atoms with Crippen molar-refractivity contribution in [1.29, 1.82) is 0 Å². The molecule has 176 valence electrons. The molecular weight excluding hydrogens is 421 g/mol. The second-order valence-electron chi connectivity index (χ2n) is 8.95. The Bertz CT molecular complexity index is 975. The van der Waals surface area contributed by atoms with Crippen LogP contribution in [0.15, 0.2) is 48.5 Å². The minimum absolute atomic E-state index is 0.0134. The molecule has 0 radical (unpaired) electrons. The molecule has 0 spiro atoms. The van der Waals surface area contributed by atoms with Crippen molar-refractivity contribution in [3.63, 3.8) is 0 Å². The Morgan fingerprint density at radius 3 is 2.61 bits per heavy atom. The van der Waals surface area contributed by atoms with Crippen molar-refractivity contribution >= 4 is 12.1 Å². The summed E-state index contributed by atoms with van der Waals surface area (Å²) in [5, 5.41) is 3.14. The molecule has 7 heteroatoms. The Hall–Kier alpha value is -3.09. The molecule has 2 aromatic rings. The number of rotatable bonds is 6. The average molecular weight is 454 g/mol. The zero-order valence-corrected chi connectivity index (χ0v) is 19.3. The summed E-state index contributed by atoms with van der Waals surface area (Å²) in [6, 6.07) is 14.2. The number of hydrogen-bond donors (Lipinski definition) is 1. The third kappa shape index (κ3) is 5.13. The number of ether oxygens (including phenoxy) is 1. The van der Waals surface area contributed by atoms with Crippen molar-refractivity contribution in [2.75, 3.05) is 20.2 Å². The summed E-state index contributed by atoms with van der Waals surface area (Å²) in [7, 11) is 1.75. The Morgan fingerprint density at radius 2 is 1.88 bits per heavy atom. The number of carbonyl (C=O) groups is 2. The lowest BCUT2D eigenvalue weighted by Crippen LogP contribution is -2.57. The van der Waals surface area contributed by atoms with Crippen LogP contribution in [0.2, 0.25) is 0 Å². The third-order valence-corrected chi connectivity index (χ3v) is 6.73. The van der Waals surface area contributed by atoms with E-state index in [4.69, 9.17) is 4.74 Å². The molecule has 1 aliphatic carbocycles. The Morgan fingerprint density at radius 1 is 1.15 bits per heavy atom. The highest BCUT2D eigenvalue weighted by Crippen LogP contribution is 2.35. The maximum Gasteiger partial charge on any atom is 0.409 e. The van der Waals surface area contributed by atoms with Crippen LogP contribution in [0.3, 0.4) is 0 Å². The van der Waals surface area contributed by atoms with E-state index in [0.717, 1.165) is 30.4 Å². The van der Waals surface area contributed by atoms with Crippen LogP contribution in [0.5, 0.6) is 0 Å². The number of hydrogen-bond acceptors (Lipinski definition) is 3.